The van der Waals surface area contributed by atoms with E-state index in [-0.39, 0.29) is 5.56 Å². The van der Waals surface area contributed by atoms with Crippen molar-refractivity contribution in [3.05, 3.63) is 63.8 Å². The van der Waals surface area contributed by atoms with Gasteiger partial charge in [-0.25, -0.2) is 9.78 Å². The molecule has 1 N–H and O–H groups in total. The third-order valence-corrected chi connectivity index (χ3v) is 4.53. The molecule has 0 saturated carbocycles. The number of rotatable bonds is 8. The fourth-order valence-electron chi connectivity index (χ4n) is 2.35. The molecule has 0 fully saturated rings. The van der Waals surface area contributed by atoms with Gasteiger partial charge in [0.15, 0.2) is 0 Å². The number of benzene rings is 1. The normalized spacial score (nSPS) is 11.3. The lowest BCUT2D eigenvalue weighted by Crippen LogP contribution is -2.23. The van der Waals surface area contributed by atoms with Gasteiger partial charge in [-0.05, 0) is 56.7 Å². The number of allylic oxidation sites excluding steroid dienone is 1. The first-order valence-electron chi connectivity index (χ1n) is 8.42. The second-order valence-electron chi connectivity index (χ2n) is 5.90. The lowest BCUT2D eigenvalue weighted by atomic mass is 10.1. The molecule has 0 amide bonds. The molecule has 1 aromatic carbocycles. The average molecular weight is 419 g/mol. The highest BCUT2D eigenvalue weighted by Gasteiger charge is 2.13. The fourth-order valence-corrected chi connectivity index (χ4v) is 2.76. The van der Waals surface area contributed by atoms with Gasteiger partial charge in [-0.1, -0.05) is 22.0 Å². The van der Waals surface area contributed by atoms with E-state index in [0.29, 0.717) is 13.2 Å². The molecule has 1 heterocycles. The molecule has 2 aromatic rings. The Bertz CT molecular complexity index is 788. The van der Waals surface area contributed by atoms with Crippen molar-refractivity contribution in [2.75, 3.05) is 18.1 Å². The summed E-state index contributed by atoms with van der Waals surface area (Å²) in [7, 11) is 0. The summed E-state index contributed by atoms with van der Waals surface area (Å²) in [5, 5.41) is 9.02. The fraction of sp³-hybridized carbons (Fsp3) is 0.300. The quantitative estimate of drug-likeness (QED) is 0.616. The zero-order chi connectivity index (χ0) is 19.1. The SMILES string of the molecule is C/C=C(\C)COc1ccc(Br)cc1CN(CC)c1ccc(C(=O)O)cn1. The van der Waals surface area contributed by atoms with Crippen LogP contribution in [0.3, 0.4) is 0 Å². The largest absolute Gasteiger partial charge is 0.489 e. The van der Waals surface area contributed by atoms with E-state index in [0.717, 1.165) is 33.7 Å². The molecule has 0 saturated heterocycles. The molecule has 0 spiro atoms. The first-order valence-corrected chi connectivity index (χ1v) is 9.21. The van der Waals surface area contributed by atoms with Crippen molar-refractivity contribution in [2.45, 2.75) is 27.3 Å². The van der Waals surface area contributed by atoms with Gasteiger partial charge in [0.2, 0.25) is 0 Å². The number of halogens is 1. The number of carboxylic acids is 1. The molecule has 0 aliphatic carbocycles. The van der Waals surface area contributed by atoms with Gasteiger partial charge in [-0.15, -0.1) is 0 Å². The lowest BCUT2D eigenvalue weighted by Gasteiger charge is -2.23. The first-order chi connectivity index (χ1) is 12.4. The first kappa shape index (κ1) is 20.0. The summed E-state index contributed by atoms with van der Waals surface area (Å²) in [4.78, 5) is 17.4. The van der Waals surface area contributed by atoms with Crippen LogP contribution < -0.4 is 9.64 Å². The minimum absolute atomic E-state index is 0.179. The summed E-state index contributed by atoms with van der Waals surface area (Å²) >= 11 is 3.52. The van der Waals surface area contributed by atoms with Crippen LogP contribution in [-0.4, -0.2) is 29.2 Å². The Morgan fingerprint density at radius 2 is 2.12 bits per heavy atom. The van der Waals surface area contributed by atoms with Crippen LogP contribution in [0, 0.1) is 0 Å². The molecule has 0 aliphatic rings. The third kappa shape index (κ3) is 5.33. The number of ether oxygens (including phenoxy) is 1. The number of aromatic nitrogens is 1. The topological polar surface area (TPSA) is 62.7 Å². The number of hydrogen-bond acceptors (Lipinski definition) is 4. The molecular formula is C20H23BrN2O3. The van der Waals surface area contributed by atoms with Crippen molar-refractivity contribution < 1.29 is 14.6 Å². The van der Waals surface area contributed by atoms with Crippen molar-refractivity contribution in [3.8, 4) is 5.75 Å². The van der Waals surface area contributed by atoms with E-state index in [1.807, 2.05) is 45.0 Å². The molecule has 138 valence electrons. The van der Waals surface area contributed by atoms with Gasteiger partial charge < -0.3 is 14.7 Å². The van der Waals surface area contributed by atoms with Crippen molar-refractivity contribution >= 4 is 27.7 Å². The average Bonchev–Trinajstić information content (AvgIpc) is 2.65. The van der Waals surface area contributed by atoms with E-state index in [1.54, 1.807) is 12.1 Å². The minimum Gasteiger partial charge on any atom is -0.489 e. The molecular weight excluding hydrogens is 396 g/mol. The Kier molecular flexibility index (Phi) is 7.21. The molecule has 0 atom stereocenters. The van der Waals surface area contributed by atoms with Crippen molar-refractivity contribution in [1.29, 1.82) is 0 Å². The van der Waals surface area contributed by atoms with Crippen molar-refractivity contribution in [1.82, 2.24) is 4.98 Å². The van der Waals surface area contributed by atoms with Crippen LogP contribution in [0.1, 0.15) is 36.7 Å². The van der Waals surface area contributed by atoms with E-state index in [1.165, 1.54) is 6.20 Å². The van der Waals surface area contributed by atoms with Gasteiger partial charge >= 0.3 is 5.97 Å². The molecule has 0 aliphatic heterocycles. The number of aromatic carboxylic acids is 1. The maximum Gasteiger partial charge on any atom is 0.337 e. The standard InChI is InChI=1S/C20H23BrN2O3/c1-4-14(3)13-26-18-8-7-17(21)10-16(18)12-23(5-2)19-9-6-15(11-22-19)20(24)25/h4,6-11H,5,12-13H2,1-3H3,(H,24,25)/b14-4+. The monoisotopic (exact) mass is 418 g/mol. The van der Waals surface area contributed by atoms with Gasteiger partial charge in [0, 0.05) is 29.3 Å². The minimum atomic E-state index is -0.978. The van der Waals surface area contributed by atoms with Crippen LogP contribution >= 0.6 is 15.9 Å². The molecule has 0 bridgehead atoms. The Hall–Kier alpha value is -2.34. The second kappa shape index (κ2) is 9.38. The summed E-state index contributed by atoms with van der Waals surface area (Å²) in [5.41, 5.74) is 2.38. The number of anilines is 1. The molecule has 5 nitrogen and oxygen atoms in total. The van der Waals surface area contributed by atoms with Crippen LogP contribution in [0.15, 0.2) is 52.7 Å². The van der Waals surface area contributed by atoms with Crippen LogP contribution in [0.5, 0.6) is 5.75 Å². The number of pyridine rings is 1. The van der Waals surface area contributed by atoms with E-state index >= 15 is 0 Å². The summed E-state index contributed by atoms with van der Waals surface area (Å²) in [6, 6.07) is 9.25. The van der Waals surface area contributed by atoms with Crippen LogP contribution in [-0.2, 0) is 6.54 Å². The maximum atomic E-state index is 11.0. The highest BCUT2D eigenvalue weighted by atomic mass is 79.9. The van der Waals surface area contributed by atoms with Gasteiger partial charge in [0.25, 0.3) is 0 Å². The number of carbonyl (C=O) groups is 1. The predicted octanol–water partition coefficient (Wildman–Crippen LogP) is 4.91. The smallest absolute Gasteiger partial charge is 0.337 e. The summed E-state index contributed by atoms with van der Waals surface area (Å²) in [5.74, 6) is 0.581. The second-order valence-corrected chi connectivity index (χ2v) is 6.82. The highest BCUT2D eigenvalue weighted by Crippen LogP contribution is 2.26. The third-order valence-electron chi connectivity index (χ3n) is 4.03. The summed E-state index contributed by atoms with van der Waals surface area (Å²) < 4.78 is 6.94. The Labute approximate surface area is 162 Å². The van der Waals surface area contributed by atoms with Crippen LogP contribution in [0.4, 0.5) is 5.82 Å². The summed E-state index contributed by atoms with van der Waals surface area (Å²) in [6.07, 6.45) is 3.42. The zero-order valence-electron chi connectivity index (χ0n) is 15.2. The van der Waals surface area contributed by atoms with E-state index in [9.17, 15) is 4.79 Å². The van der Waals surface area contributed by atoms with Gasteiger partial charge in [-0.3, -0.25) is 0 Å². The van der Waals surface area contributed by atoms with Gasteiger partial charge in [0.1, 0.15) is 18.2 Å². The summed E-state index contributed by atoms with van der Waals surface area (Å²) in [6.45, 7) is 7.95. The highest BCUT2D eigenvalue weighted by molar-refractivity contribution is 9.10. The van der Waals surface area contributed by atoms with Gasteiger partial charge in [0.05, 0.1) is 5.56 Å². The Balaban J connectivity index is 2.23. The number of nitrogens with zero attached hydrogens (tertiary/aromatic N) is 2. The number of hydrogen-bond donors (Lipinski definition) is 1. The molecule has 26 heavy (non-hydrogen) atoms. The Morgan fingerprint density at radius 1 is 1.35 bits per heavy atom. The molecule has 6 heteroatoms. The van der Waals surface area contributed by atoms with Gasteiger partial charge in [-0.2, -0.15) is 0 Å². The molecule has 0 unspecified atom stereocenters. The van der Waals surface area contributed by atoms with E-state index in [2.05, 4.69) is 25.8 Å². The molecule has 0 radical (unpaired) electrons. The lowest BCUT2D eigenvalue weighted by molar-refractivity contribution is 0.0696. The molecule has 2 rings (SSSR count). The van der Waals surface area contributed by atoms with Crippen LogP contribution in [0.25, 0.3) is 0 Å². The van der Waals surface area contributed by atoms with Crippen molar-refractivity contribution in [2.24, 2.45) is 0 Å². The van der Waals surface area contributed by atoms with Crippen LogP contribution in [0.2, 0.25) is 0 Å². The van der Waals surface area contributed by atoms with Crippen molar-refractivity contribution in [3.63, 3.8) is 0 Å². The van der Waals surface area contributed by atoms with E-state index < -0.39 is 5.97 Å². The predicted molar refractivity (Wildman–Crippen MR) is 107 cm³/mol. The molecule has 1 aromatic heterocycles. The Morgan fingerprint density at radius 3 is 2.69 bits per heavy atom. The number of carboxylic acid groups (broad SMARTS) is 1. The zero-order valence-corrected chi connectivity index (χ0v) is 16.8. The maximum absolute atomic E-state index is 11.0. The van der Waals surface area contributed by atoms with E-state index in [4.69, 9.17) is 9.84 Å².